The fourth-order valence-electron chi connectivity index (χ4n) is 2.59. The zero-order valence-corrected chi connectivity index (χ0v) is 13.3. The van der Waals surface area contributed by atoms with E-state index in [2.05, 4.69) is 10.5 Å². The molecule has 25 heavy (non-hydrogen) atoms. The highest BCUT2D eigenvalue weighted by Crippen LogP contribution is 2.21. The van der Waals surface area contributed by atoms with Gasteiger partial charge in [0.25, 0.3) is 5.91 Å². The molecule has 2 aromatic carbocycles. The Balaban J connectivity index is 1.63. The van der Waals surface area contributed by atoms with Crippen molar-refractivity contribution in [2.45, 2.75) is 25.5 Å². The summed E-state index contributed by atoms with van der Waals surface area (Å²) in [5.74, 6) is -2.32. The zero-order chi connectivity index (χ0) is 18.0. The van der Waals surface area contributed by atoms with Gasteiger partial charge < -0.3 is 10.2 Å². The first-order valence-corrected chi connectivity index (χ1v) is 7.68. The molecule has 0 unspecified atom stereocenters. The summed E-state index contributed by atoms with van der Waals surface area (Å²) < 4.78 is 40.0. The summed E-state index contributed by atoms with van der Waals surface area (Å²) >= 11 is 0. The van der Waals surface area contributed by atoms with Gasteiger partial charge in [0, 0.05) is 23.6 Å². The van der Waals surface area contributed by atoms with Crippen LogP contribution >= 0.6 is 0 Å². The van der Waals surface area contributed by atoms with Crippen LogP contribution in [0.25, 0.3) is 0 Å². The molecule has 1 amide bonds. The Morgan fingerprint density at radius 2 is 1.96 bits per heavy atom. The van der Waals surface area contributed by atoms with Crippen molar-refractivity contribution in [3.8, 4) is 0 Å². The SMILES string of the molecule is C[C@@H](NC(=O)[C@H]1CC(c2cccc(F)c2)=NO1)c1ccc(F)cc1F. The lowest BCUT2D eigenvalue weighted by Crippen LogP contribution is -2.36. The van der Waals surface area contributed by atoms with Crippen molar-refractivity contribution in [3.63, 3.8) is 0 Å². The third-order valence-corrected chi connectivity index (χ3v) is 3.91. The lowest BCUT2D eigenvalue weighted by Gasteiger charge is -2.17. The summed E-state index contributed by atoms with van der Waals surface area (Å²) in [4.78, 5) is 17.4. The molecule has 0 aliphatic carbocycles. The number of rotatable bonds is 4. The van der Waals surface area contributed by atoms with E-state index in [1.54, 1.807) is 19.1 Å². The number of hydrogen-bond acceptors (Lipinski definition) is 3. The second-order valence-corrected chi connectivity index (χ2v) is 5.74. The van der Waals surface area contributed by atoms with Gasteiger partial charge in [0.2, 0.25) is 6.10 Å². The molecule has 1 N–H and O–H groups in total. The van der Waals surface area contributed by atoms with E-state index in [0.717, 1.165) is 12.1 Å². The molecule has 130 valence electrons. The minimum absolute atomic E-state index is 0.166. The molecule has 2 atom stereocenters. The Bertz CT molecular complexity index is 839. The van der Waals surface area contributed by atoms with E-state index in [-0.39, 0.29) is 12.0 Å². The molecule has 0 aromatic heterocycles. The van der Waals surface area contributed by atoms with Crippen molar-refractivity contribution in [2.24, 2.45) is 5.16 Å². The summed E-state index contributed by atoms with van der Waals surface area (Å²) in [7, 11) is 0. The average molecular weight is 348 g/mol. The van der Waals surface area contributed by atoms with Gasteiger partial charge in [-0.15, -0.1) is 0 Å². The van der Waals surface area contributed by atoms with Crippen molar-refractivity contribution >= 4 is 11.6 Å². The molecule has 0 bridgehead atoms. The van der Waals surface area contributed by atoms with E-state index in [1.165, 1.54) is 18.2 Å². The first-order valence-electron chi connectivity index (χ1n) is 7.68. The van der Waals surface area contributed by atoms with E-state index in [0.29, 0.717) is 11.3 Å². The van der Waals surface area contributed by atoms with Gasteiger partial charge in [0.05, 0.1) is 11.8 Å². The summed E-state index contributed by atoms with van der Waals surface area (Å²) in [6.07, 6.45) is -0.710. The molecule has 0 spiro atoms. The second kappa shape index (κ2) is 6.96. The van der Waals surface area contributed by atoms with Gasteiger partial charge in [-0.05, 0) is 25.1 Å². The Hall–Kier alpha value is -2.83. The van der Waals surface area contributed by atoms with Gasteiger partial charge >= 0.3 is 0 Å². The monoisotopic (exact) mass is 348 g/mol. The summed E-state index contributed by atoms with van der Waals surface area (Å²) in [5, 5.41) is 6.43. The first kappa shape index (κ1) is 17.0. The van der Waals surface area contributed by atoms with E-state index in [4.69, 9.17) is 4.84 Å². The number of oxime groups is 1. The van der Waals surface area contributed by atoms with Gasteiger partial charge in [-0.25, -0.2) is 13.2 Å². The second-order valence-electron chi connectivity index (χ2n) is 5.74. The molecule has 3 rings (SSSR count). The molecule has 0 saturated heterocycles. The molecule has 7 heteroatoms. The number of carbonyl (C=O) groups is 1. The van der Waals surface area contributed by atoms with Crippen LogP contribution in [0.3, 0.4) is 0 Å². The van der Waals surface area contributed by atoms with Crippen LogP contribution < -0.4 is 5.32 Å². The Kier molecular flexibility index (Phi) is 4.74. The number of halogens is 3. The van der Waals surface area contributed by atoms with Crippen molar-refractivity contribution in [2.75, 3.05) is 0 Å². The Morgan fingerprint density at radius 3 is 2.68 bits per heavy atom. The van der Waals surface area contributed by atoms with Crippen LogP contribution in [0.1, 0.15) is 30.5 Å². The fourth-order valence-corrected chi connectivity index (χ4v) is 2.59. The van der Waals surface area contributed by atoms with Crippen LogP contribution in [0.5, 0.6) is 0 Å². The zero-order valence-electron chi connectivity index (χ0n) is 13.3. The third kappa shape index (κ3) is 3.81. The topological polar surface area (TPSA) is 50.7 Å². The summed E-state index contributed by atoms with van der Waals surface area (Å²) in [5.41, 5.74) is 1.16. The maximum Gasteiger partial charge on any atom is 0.264 e. The number of hydrogen-bond donors (Lipinski definition) is 1. The normalized spacial score (nSPS) is 17.6. The number of nitrogens with one attached hydrogen (secondary N) is 1. The average Bonchev–Trinajstić information content (AvgIpc) is 3.04. The molecule has 1 aliphatic rings. The lowest BCUT2D eigenvalue weighted by atomic mass is 10.0. The predicted octanol–water partition coefficient (Wildman–Crippen LogP) is 3.47. The van der Waals surface area contributed by atoms with Gasteiger partial charge in [-0.2, -0.15) is 0 Å². The standard InChI is InChI=1S/C18H15F3N2O2/c1-10(14-6-5-13(20)8-15(14)21)22-18(24)17-9-16(23-25-17)11-3-2-4-12(19)7-11/h2-8,10,17H,9H2,1H3,(H,22,24)/t10-,17-/m1/s1. The third-order valence-electron chi connectivity index (χ3n) is 3.91. The molecule has 0 fully saturated rings. The van der Waals surface area contributed by atoms with Crippen molar-refractivity contribution < 1.29 is 22.8 Å². The molecule has 1 heterocycles. The molecular weight excluding hydrogens is 333 g/mol. The van der Waals surface area contributed by atoms with E-state index in [1.807, 2.05) is 0 Å². The van der Waals surface area contributed by atoms with Crippen LogP contribution in [0.4, 0.5) is 13.2 Å². The predicted molar refractivity (Wildman–Crippen MR) is 85.3 cm³/mol. The Labute approximate surface area is 142 Å². The van der Waals surface area contributed by atoms with Crippen molar-refractivity contribution in [1.29, 1.82) is 0 Å². The lowest BCUT2D eigenvalue weighted by molar-refractivity contribution is -0.131. The highest BCUT2D eigenvalue weighted by atomic mass is 19.1. The fraction of sp³-hybridized carbons (Fsp3) is 0.222. The summed E-state index contributed by atoms with van der Waals surface area (Å²) in [6.45, 7) is 1.58. The van der Waals surface area contributed by atoms with Crippen LogP contribution in [0.2, 0.25) is 0 Å². The van der Waals surface area contributed by atoms with Crippen LogP contribution in [0.15, 0.2) is 47.6 Å². The Morgan fingerprint density at radius 1 is 1.20 bits per heavy atom. The van der Waals surface area contributed by atoms with Gasteiger partial charge in [-0.1, -0.05) is 23.4 Å². The molecule has 1 aliphatic heterocycles. The van der Waals surface area contributed by atoms with Crippen LogP contribution in [-0.2, 0) is 9.63 Å². The minimum Gasteiger partial charge on any atom is -0.382 e. The number of nitrogens with zero attached hydrogens (tertiary/aromatic N) is 1. The van der Waals surface area contributed by atoms with Crippen LogP contribution in [0, 0.1) is 17.5 Å². The van der Waals surface area contributed by atoms with Crippen molar-refractivity contribution in [3.05, 3.63) is 71.0 Å². The minimum atomic E-state index is -0.885. The maximum absolute atomic E-state index is 13.8. The molecular formula is C18H15F3N2O2. The highest BCUT2D eigenvalue weighted by Gasteiger charge is 2.30. The first-order chi connectivity index (χ1) is 11.9. The van der Waals surface area contributed by atoms with E-state index >= 15 is 0 Å². The van der Waals surface area contributed by atoms with Gasteiger partial charge in [-0.3, -0.25) is 4.79 Å². The summed E-state index contributed by atoms with van der Waals surface area (Å²) in [6, 6.07) is 8.31. The van der Waals surface area contributed by atoms with Gasteiger partial charge in [0.15, 0.2) is 0 Å². The van der Waals surface area contributed by atoms with Crippen molar-refractivity contribution in [1.82, 2.24) is 5.32 Å². The number of amides is 1. The quantitative estimate of drug-likeness (QED) is 0.920. The van der Waals surface area contributed by atoms with E-state index < -0.39 is 35.5 Å². The number of carbonyl (C=O) groups excluding carboxylic acids is 1. The largest absolute Gasteiger partial charge is 0.382 e. The smallest absolute Gasteiger partial charge is 0.264 e. The maximum atomic E-state index is 13.8. The molecule has 2 aromatic rings. The molecule has 0 radical (unpaired) electrons. The number of benzene rings is 2. The highest BCUT2D eigenvalue weighted by molar-refractivity contribution is 6.04. The molecule has 4 nitrogen and oxygen atoms in total. The van der Waals surface area contributed by atoms with Crippen LogP contribution in [-0.4, -0.2) is 17.7 Å². The molecule has 0 saturated carbocycles. The van der Waals surface area contributed by atoms with E-state index in [9.17, 15) is 18.0 Å². The van der Waals surface area contributed by atoms with Gasteiger partial charge in [0.1, 0.15) is 17.5 Å².